The Morgan fingerprint density at radius 2 is 2.00 bits per heavy atom. The molecule has 0 aliphatic rings. The van der Waals surface area contributed by atoms with Crippen LogP contribution in [0, 0.1) is 0 Å². The van der Waals surface area contributed by atoms with Crippen molar-refractivity contribution in [3.63, 3.8) is 0 Å². The molecule has 1 heterocycles. The maximum Gasteiger partial charge on any atom is 0.0887 e. The van der Waals surface area contributed by atoms with Crippen molar-refractivity contribution < 1.29 is 9.47 Å². The minimum absolute atomic E-state index is 0.473. The summed E-state index contributed by atoms with van der Waals surface area (Å²) in [6.07, 6.45) is 0.922. The zero-order valence-corrected chi connectivity index (χ0v) is 11.6. The van der Waals surface area contributed by atoms with E-state index in [1.807, 2.05) is 18.2 Å². The van der Waals surface area contributed by atoms with Crippen LogP contribution in [0.4, 0.5) is 0 Å². The molecule has 0 fully saturated rings. The molecule has 0 unspecified atom stereocenters. The van der Waals surface area contributed by atoms with E-state index in [1.54, 1.807) is 7.11 Å². The Labute approximate surface area is 110 Å². The average Bonchev–Trinajstić information content (AvgIpc) is 2.37. The van der Waals surface area contributed by atoms with E-state index in [2.05, 4.69) is 24.1 Å². The summed E-state index contributed by atoms with van der Waals surface area (Å²) in [6, 6.07) is 6.53. The van der Waals surface area contributed by atoms with Crippen molar-refractivity contribution in [1.29, 1.82) is 0 Å². The van der Waals surface area contributed by atoms with Crippen LogP contribution >= 0.6 is 0 Å². The lowest BCUT2D eigenvalue weighted by molar-refractivity contribution is 0.0909. The topological polar surface area (TPSA) is 43.4 Å². The molecule has 1 N–H and O–H groups in total. The summed E-state index contributed by atoms with van der Waals surface area (Å²) in [6.45, 7) is 7.08. The highest BCUT2D eigenvalue weighted by Gasteiger charge is 1.99. The van der Waals surface area contributed by atoms with Crippen LogP contribution in [-0.2, 0) is 22.6 Å². The maximum atomic E-state index is 5.54. The fourth-order valence-corrected chi connectivity index (χ4v) is 1.50. The molecule has 4 nitrogen and oxygen atoms in total. The van der Waals surface area contributed by atoms with Crippen LogP contribution < -0.4 is 5.32 Å². The molecule has 0 aromatic carbocycles. The zero-order chi connectivity index (χ0) is 13.2. The molecule has 0 spiro atoms. The van der Waals surface area contributed by atoms with Gasteiger partial charge in [0, 0.05) is 32.9 Å². The second kappa shape index (κ2) is 9.03. The van der Waals surface area contributed by atoms with E-state index < -0.39 is 0 Å². The molecule has 0 aliphatic carbocycles. The summed E-state index contributed by atoms with van der Waals surface area (Å²) in [7, 11) is 1.70. The van der Waals surface area contributed by atoms with Gasteiger partial charge in [-0.15, -0.1) is 0 Å². The third-order valence-electron chi connectivity index (χ3n) is 2.44. The van der Waals surface area contributed by atoms with Crippen LogP contribution in [0.3, 0.4) is 0 Å². The number of nitrogens with one attached hydrogen (secondary N) is 1. The van der Waals surface area contributed by atoms with Crippen molar-refractivity contribution in [3.8, 4) is 0 Å². The van der Waals surface area contributed by atoms with Gasteiger partial charge in [0.2, 0.25) is 0 Å². The highest BCUT2D eigenvalue weighted by molar-refractivity contribution is 5.10. The smallest absolute Gasteiger partial charge is 0.0887 e. The molecule has 0 radical (unpaired) electrons. The number of methoxy groups -OCH3 is 1. The minimum atomic E-state index is 0.473. The number of rotatable bonds is 9. The first kappa shape index (κ1) is 15.1. The van der Waals surface area contributed by atoms with Gasteiger partial charge in [-0.3, -0.25) is 4.98 Å². The Kier molecular flexibility index (Phi) is 7.57. The molecule has 0 aliphatic heterocycles. The van der Waals surface area contributed by atoms with Crippen molar-refractivity contribution in [2.75, 3.05) is 20.3 Å². The second-order valence-corrected chi connectivity index (χ2v) is 4.55. The Balaban J connectivity index is 2.30. The van der Waals surface area contributed by atoms with Crippen molar-refractivity contribution >= 4 is 0 Å². The molecule has 0 bridgehead atoms. The van der Waals surface area contributed by atoms with E-state index in [0.717, 1.165) is 31.0 Å². The Hall–Kier alpha value is -0.970. The van der Waals surface area contributed by atoms with E-state index in [1.165, 1.54) is 0 Å². The second-order valence-electron chi connectivity index (χ2n) is 4.55. The monoisotopic (exact) mass is 252 g/mol. The molecule has 0 amide bonds. The highest BCUT2D eigenvalue weighted by Crippen LogP contribution is 2.02. The molecule has 0 saturated carbocycles. The number of hydrogen-bond acceptors (Lipinski definition) is 4. The molecule has 1 aromatic heterocycles. The molecule has 1 aromatic rings. The fraction of sp³-hybridized carbons (Fsp3) is 0.643. The van der Waals surface area contributed by atoms with Gasteiger partial charge < -0.3 is 14.8 Å². The SMILES string of the molecule is COCCCOCc1cccc(CNC(C)C)n1. The first-order valence-electron chi connectivity index (χ1n) is 6.47. The normalized spacial score (nSPS) is 11.1. The Morgan fingerprint density at radius 3 is 2.72 bits per heavy atom. The largest absolute Gasteiger partial charge is 0.385 e. The van der Waals surface area contributed by atoms with E-state index in [4.69, 9.17) is 9.47 Å². The van der Waals surface area contributed by atoms with Crippen molar-refractivity contribution in [1.82, 2.24) is 10.3 Å². The van der Waals surface area contributed by atoms with Gasteiger partial charge in [0.1, 0.15) is 0 Å². The van der Waals surface area contributed by atoms with Crippen LogP contribution in [0.2, 0.25) is 0 Å². The summed E-state index contributed by atoms with van der Waals surface area (Å²) in [4.78, 5) is 4.54. The molecule has 102 valence electrons. The molecular formula is C14H24N2O2. The molecule has 18 heavy (non-hydrogen) atoms. The summed E-state index contributed by atoms with van der Waals surface area (Å²) in [5.41, 5.74) is 2.04. The first-order chi connectivity index (χ1) is 8.72. The standard InChI is InChI=1S/C14H24N2O2/c1-12(2)15-10-13-6-4-7-14(16-13)11-18-9-5-8-17-3/h4,6-7,12,15H,5,8-11H2,1-3H3. The third-order valence-corrected chi connectivity index (χ3v) is 2.44. The Bertz CT molecular complexity index is 329. The maximum absolute atomic E-state index is 5.54. The molecular weight excluding hydrogens is 228 g/mol. The van der Waals surface area contributed by atoms with Gasteiger partial charge in [0.15, 0.2) is 0 Å². The van der Waals surface area contributed by atoms with Crippen LogP contribution in [0.25, 0.3) is 0 Å². The number of aromatic nitrogens is 1. The van der Waals surface area contributed by atoms with Crippen molar-refractivity contribution in [3.05, 3.63) is 29.6 Å². The minimum Gasteiger partial charge on any atom is -0.385 e. The molecule has 0 atom stereocenters. The number of pyridine rings is 1. The molecule has 4 heteroatoms. The fourth-order valence-electron chi connectivity index (χ4n) is 1.50. The number of nitrogens with zero attached hydrogens (tertiary/aromatic N) is 1. The summed E-state index contributed by atoms with van der Waals surface area (Å²) in [5.74, 6) is 0. The highest BCUT2D eigenvalue weighted by atomic mass is 16.5. The lowest BCUT2D eigenvalue weighted by atomic mass is 10.3. The van der Waals surface area contributed by atoms with Crippen molar-refractivity contribution in [2.24, 2.45) is 0 Å². The predicted molar refractivity (Wildman–Crippen MR) is 72.4 cm³/mol. The third kappa shape index (κ3) is 6.69. The van der Waals surface area contributed by atoms with Gasteiger partial charge >= 0.3 is 0 Å². The zero-order valence-electron chi connectivity index (χ0n) is 11.6. The Morgan fingerprint density at radius 1 is 1.22 bits per heavy atom. The summed E-state index contributed by atoms with van der Waals surface area (Å²) in [5, 5.41) is 3.35. The van der Waals surface area contributed by atoms with Gasteiger partial charge in [-0.1, -0.05) is 19.9 Å². The van der Waals surface area contributed by atoms with E-state index >= 15 is 0 Å². The van der Waals surface area contributed by atoms with Gasteiger partial charge in [-0.25, -0.2) is 0 Å². The van der Waals surface area contributed by atoms with Gasteiger partial charge in [0.05, 0.1) is 18.0 Å². The van der Waals surface area contributed by atoms with Gasteiger partial charge in [-0.05, 0) is 18.6 Å². The van der Waals surface area contributed by atoms with Crippen LogP contribution in [0.1, 0.15) is 31.7 Å². The number of hydrogen-bond donors (Lipinski definition) is 1. The lowest BCUT2D eigenvalue weighted by Gasteiger charge is -2.09. The average molecular weight is 252 g/mol. The van der Waals surface area contributed by atoms with E-state index in [0.29, 0.717) is 19.3 Å². The lowest BCUT2D eigenvalue weighted by Crippen LogP contribution is -2.22. The van der Waals surface area contributed by atoms with Crippen LogP contribution in [-0.4, -0.2) is 31.3 Å². The predicted octanol–water partition coefficient (Wildman–Crippen LogP) is 2.13. The first-order valence-corrected chi connectivity index (χ1v) is 6.47. The van der Waals surface area contributed by atoms with E-state index in [9.17, 15) is 0 Å². The summed E-state index contributed by atoms with van der Waals surface area (Å²) < 4.78 is 10.5. The quantitative estimate of drug-likeness (QED) is 0.684. The van der Waals surface area contributed by atoms with Gasteiger partial charge in [-0.2, -0.15) is 0 Å². The van der Waals surface area contributed by atoms with Gasteiger partial charge in [0.25, 0.3) is 0 Å². The van der Waals surface area contributed by atoms with Crippen LogP contribution in [0.15, 0.2) is 18.2 Å². The van der Waals surface area contributed by atoms with Crippen LogP contribution in [0.5, 0.6) is 0 Å². The molecule has 0 saturated heterocycles. The summed E-state index contributed by atoms with van der Waals surface area (Å²) >= 11 is 0. The van der Waals surface area contributed by atoms with E-state index in [-0.39, 0.29) is 0 Å². The van der Waals surface area contributed by atoms with Crippen molar-refractivity contribution in [2.45, 2.75) is 39.5 Å². The number of ether oxygens (including phenoxy) is 2. The molecule has 1 rings (SSSR count).